The van der Waals surface area contributed by atoms with Gasteiger partial charge in [-0.3, -0.25) is 4.79 Å². The van der Waals surface area contributed by atoms with E-state index < -0.39 is 10.0 Å². The summed E-state index contributed by atoms with van der Waals surface area (Å²) < 4.78 is 38.4. The van der Waals surface area contributed by atoms with Crippen LogP contribution in [0.25, 0.3) is 0 Å². The Balaban J connectivity index is 1.40. The van der Waals surface area contributed by atoms with Crippen LogP contribution < -0.4 is 14.8 Å². The molecule has 1 fully saturated rings. The van der Waals surface area contributed by atoms with Gasteiger partial charge in [0.25, 0.3) is 0 Å². The molecule has 0 radical (unpaired) electrons. The molecule has 1 saturated heterocycles. The molecule has 4 rings (SSSR count). The van der Waals surface area contributed by atoms with Gasteiger partial charge in [0, 0.05) is 25.6 Å². The lowest BCUT2D eigenvalue weighted by atomic mass is 10.0. The molecule has 0 aliphatic carbocycles. The Hall–Kier alpha value is -2.58. The highest BCUT2D eigenvalue weighted by molar-refractivity contribution is 7.89. The molecular formula is C22H26N2O5S. The van der Waals surface area contributed by atoms with E-state index in [1.165, 1.54) is 4.31 Å². The van der Waals surface area contributed by atoms with Gasteiger partial charge in [0.2, 0.25) is 22.7 Å². The molecule has 30 heavy (non-hydrogen) atoms. The van der Waals surface area contributed by atoms with Gasteiger partial charge in [0.1, 0.15) is 0 Å². The van der Waals surface area contributed by atoms with Gasteiger partial charge in [0.15, 0.2) is 11.5 Å². The zero-order valence-corrected chi connectivity index (χ0v) is 17.8. The van der Waals surface area contributed by atoms with E-state index in [4.69, 9.17) is 9.47 Å². The van der Waals surface area contributed by atoms with Crippen LogP contribution in [0.5, 0.6) is 11.5 Å². The van der Waals surface area contributed by atoms with Crippen molar-refractivity contribution >= 4 is 15.9 Å². The van der Waals surface area contributed by atoms with Crippen molar-refractivity contribution in [2.75, 3.05) is 13.3 Å². The molecule has 2 aromatic carbocycles. The average molecular weight is 431 g/mol. The molecule has 0 spiro atoms. The van der Waals surface area contributed by atoms with Gasteiger partial charge in [-0.05, 0) is 49.6 Å². The molecule has 1 amide bonds. The maximum atomic E-state index is 13.1. The lowest BCUT2D eigenvalue weighted by molar-refractivity contribution is -0.122. The van der Waals surface area contributed by atoms with Gasteiger partial charge in [-0.2, -0.15) is 4.31 Å². The Morgan fingerprint density at radius 2 is 1.87 bits per heavy atom. The van der Waals surface area contributed by atoms with Gasteiger partial charge in [-0.1, -0.05) is 30.2 Å². The van der Waals surface area contributed by atoms with Gasteiger partial charge in [-0.25, -0.2) is 8.42 Å². The van der Waals surface area contributed by atoms with Crippen LogP contribution in [0.4, 0.5) is 0 Å². The Bertz CT molecular complexity index is 1020. The van der Waals surface area contributed by atoms with E-state index in [-0.39, 0.29) is 30.1 Å². The molecule has 0 saturated carbocycles. The number of hydrogen-bond acceptors (Lipinski definition) is 5. The number of aryl methyl sites for hydroxylation is 1. The number of ether oxygens (including phenoxy) is 2. The number of nitrogens with zero attached hydrogens (tertiary/aromatic N) is 1. The molecule has 2 aliphatic rings. The largest absolute Gasteiger partial charge is 0.454 e. The fraction of sp³-hybridized carbons (Fsp3) is 0.409. The van der Waals surface area contributed by atoms with Crippen molar-refractivity contribution in [3.63, 3.8) is 0 Å². The Kier molecular flexibility index (Phi) is 5.97. The summed E-state index contributed by atoms with van der Waals surface area (Å²) in [5, 5.41) is 2.90. The number of piperidine rings is 1. The maximum Gasteiger partial charge on any atom is 0.243 e. The topological polar surface area (TPSA) is 84.9 Å². The first-order valence-corrected chi connectivity index (χ1v) is 11.6. The fourth-order valence-electron chi connectivity index (χ4n) is 3.88. The quantitative estimate of drug-likeness (QED) is 0.762. The first kappa shape index (κ1) is 20.7. The highest BCUT2D eigenvalue weighted by Gasteiger charge is 2.34. The molecule has 1 atom stereocenters. The zero-order valence-electron chi connectivity index (χ0n) is 17.0. The first-order valence-electron chi connectivity index (χ1n) is 10.2. The van der Waals surface area contributed by atoms with E-state index in [1.54, 1.807) is 24.3 Å². The number of hydrogen-bond donors (Lipinski definition) is 1. The van der Waals surface area contributed by atoms with Crippen LogP contribution in [0, 0.1) is 6.92 Å². The number of rotatable bonds is 6. The molecule has 0 bridgehead atoms. The molecule has 1 unspecified atom stereocenters. The number of carbonyl (C=O) groups is 1. The minimum Gasteiger partial charge on any atom is -0.454 e. The van der Waals surface area contributed by atoms with Crippen LogP contribution in [-0.4, -0.2) is 38.0 Å². The molecular weight excluding hydrogens is 404 g/mol. The summed E-state index contributed by atoms with van der Waals surface area (Å²) in [5.41, 5.74) is 1.91. The second kappa shape index (κ2) is 8.65. The smallest absolute Gasteiger partial charge is 0.243 e. The number of sulfonamides is 1. The summed E-state index contributed by atoms with van der Waals surface area (Å²) >= 11 is 0. The van der Waals surface area contributed by atoms with E-state index in [0.29, 0.717) is 31.0 Å². The maximum absolute atomic E-state index is 13.1. The molecule has 2 heterocycles. The minimum atomic E-state index is -3.62. The number of carbonyl (C=O) groups excluding carboxylic acids is 1. The third-order valence-corrected chi connectivity index (χ3v) is 7.51. The monoisotopic (exact) mass is 430 g/mol. The molecule has 2 aliphatic heterocycles. The van der Waals surface area contributed by atoms with Crippen molar-refractivity contribution in [3.8, 4) is 11.5 Å². The van der Waals surface area contributed by atoms with Crippen molar-refractivity contribution in [1.29, 1.82) is 0 Å². The van der Waals surface area contributed by atoms with Crippen LogP contribution in [0.3, 0.4) is 0 Å². The normalized spacial score (nSPS) is 18.9. The van der Waals surface area contributed by atoms with Gasteiger partial charge in [-0.15, -0.1) is 0 Å². The van der Waals surface area contributed by atoms with Crippen LogP contribution in [-0.2, 0) is 21.4 Å². The standard InChI is InChI=1S/C22H26N2O5S/c1-16-5-8-19(9-6-16)30(26,27)24-11-3-2-4-18(24)13-22(25)23-14-17-7-10-20-21(12-17)29-15-28-20/h5-10,12,18H,2-4,11,13-15H2,1H3,(H,23,25). The molecule has 8 heteroatoms. The second-order valence-corrected chi connectivity index (χ2v) is 9.64. The lowest BCUT2D eigenvalue weighted by Crippen LogP contribution is -2.45. The molecule has 2 aromatic rings. The van der Waals surface area contributed by atoms with Crippen molar-refractivity contribution in [1.82, 2.24) is 9.62 Å². The Labute approximate surface area is 177 Å². The summed E-state index contributed by atoms with van der Waals surface area (Å²) in [4.78, 5) is 12.9. The zero-order chi connectivity index (χ0) is 21.1. The summed E-state index contributed by atoms with van der Waals surface area (Å²) in [6.07, 6.45) is 2.55. The highest BCUT2D eigenvalue weighted by Crippen LogP contribution is 2.32. The summed E-state index contributed by atoms with van der Waals surface area (Å²) in [5.74, 6) is 1.21. The van der Waals surface area contributed by atoms with E-state index >= 15 is 0 Å². The molecule has 160 valence electrons. The molecule has 0 aromatic heterocycles. The van der Waals surface area contributed by atoms with E-state index in [1.807, 2.05) is 25.1 Å². The summed E-state index contributed by atoms with van der Waals surface area (Å²) in [6.45, 7) is 2.92. The predicted octanol–water partition coefficient (Wildman–Crippen LogP) is 2.97. The van der Waals surface area contributed by atoms with Crippen molar-refractivity contribution < 1.29 is 22.7 Å². The second-order valence-electron chi connectivity index (χ2n) is 7.75. The summed E-state index contributed by atoms with van der Waals surface area (Å²) in [7, 11) is -3.62. The average Bonchev–Trinajstić information content (AvgIpc) is 3.21. The van der Waals surface area contributed by atoms with Crippen LogP contribution in [0.15, 0.2) is 47.4 Å². The number of benzene rings is 2. The van der Waals surface area contributed by atoms with Gasteiger partial charge < -0.3 is 14.8 Å². The van der Waals surface area contributed by atoms with Crippen LogP contribution in [0.2, 0.25) is 0 Å². The SMILES string of the molecule is Cc1ccc(S(=O)(=O)N2CCCCC2CC(=O)NCc2ccc3c(c2)OCO3)cc1. The van der Waals surface area contributed by atoms with E-state index in [2.05, 4.69) is 5.32 Å². The number of nitrogens with one attached hydrogen (secondary N) is 1. The molecule has 7 nitrogen and oxygen atoms in total. The Morgan fingerprint density at radius 1 is 1.10 bits per heavy atom. The van der Waals surface area contributed by atoms with Crippen LogP contribution >= 0.6 is 0 Å². The lowest BCUT2D eigenvalue weighted by Gasteiger charge is -2.34. The fourth-order valence-corrected chi connectivity index (χ4v) is 5.57. The van der Waals surface area contributed by atoms with Gasteiger partial charge >= 0.3 is 0 Å². The predicted molar refractivity (Wildman–Crippen MR) is 112 cm³/mol. The van der Waals surface area contributed by atoms with Crippen LogP contribution in [0.1, 0.15) is 36.8 Å². The Morgan fingerprint density at radius 3 is 2.67 bits per heavy atom. The van der Waals surface area contributed by atoms with Crippen molar-refractivity contribution in [3.05, 3.63) is 53.6 Å². The molecule has 1 N–H and O–H groups in total. The summed E-state index contributed by atoms with van der Waals surface area (Å²) in [6, 6.07) is 12.1. The van der Waals surface area contributed by atoms with E-state index in [0.717, 1.165) is 24.0 Å². The van der Waals surface area contributed by atoms with E-state index in [9.17, 15) is 13.2 Å². The third-order valence-electron chi connectivity index (χ3n) is 5.55. The van der Waals surface area contributed by atoms with Crippen molar-refractivity contribution in [2.24, 2.45) is 0 Å². The minimum absolute atomic E-state index is 0.148. The highest BCUT2D eigenvalue weighted by atomic mass is 32.2. The van der Waals surface area contributed by atoms with Gasteiger partial charge in [0.05, 0.1) is 4.90 Å². The third kappa shape index (κ3) is 4.44. The van der Waals surface area contributed by atoms with Crippen molar-refractivity contribution in [2.45, 2.75) is 50.1 Å². The first-order chi connectivity index (χ1) is 14.4. The number of fused-ring (bicyclic) bond motifs is 1. The number of amides is 1.